The number of hydrogen-bond acceptors (Lipinski definition) is 5. The third kappa shape index (κ3) is 6.07. The van der Waals surface area contributed by atoms with Crippen molar-refractivity contribution < 1.29 is 14.0 Å². The lowest BCUT2D eigenvalue weighted by Crippen LogP contribution is -2.32. The summed E-state index contributed by atoms with van der Waals surface area (Å²) in [5, 5.41) is 4.53. The van der Waals surface area contributed by atoms with Crippen LogP contribution in [0.1, 0.15) is 51.8 Å². The van der Waals surface area contributed by atoms with Crippen molar-refractivity contribution in [3.05, 3.63) is 47.5 Å². The fraction of sp³-hybridized carbons (Fsp3) is 0.526. The van der Waals surface area contributed by atoms with Crippen molar-refractivity contribution in [1.29, 1.82) is 0 Å². The number of carbonyl (C=O) groups is 1. The number of rotatable bonds is 7. The van der Waals surface area contributed by atoms with Gasteiger partial charge in [-0.25, -0.2) is 9.67 Å². The molecule has 1 heterocycles. The van der Waals surface area contributed by atoms with Gasteiger partial charge in [0.25, 0.3) is 0 Å². The summed E-state index contributed by atoms with van der Waals surface area (Å²) in [5.41, 5.74) is 0.358. The van der Waals surface area contributed by atoms with Crippen molar-refractivity contribution >= 4 is 15.7 Å². The molecule has 0 amide bonds. The van der Waals surface area contributed by atoms with E-state index >= 15 is 0 Å². The van der Waals surface area contributed by atoms with Gasteiger partial charge in [0.1, 0.15) is 24.6 Å². The Morgan fingerprint density at radius 3 is 2.42 bits per heavy atom. The van der Waals surface area contributed by atoms with E-state index in [0.717, 1.165) is 5.56 Å². The highest BCUT2D eigenvalue weighted by Gasteiger charge is 2.30. The van der Waals surface area contributed by atoms with E-state index in [1.807, 2.05) is 51.1 Å². The van der Waals surface area contributed by atoms with Crippen LogP contribution in [0.4, 0.5) is 0 Å². The average Bonchev–Trinajstić information content (AvgIpc) is 2.93. The summed E-state index contributed by atoms with van der Waals surface area (Å²) >= 11 is 0. The van der Waals surface area contributed by atoms with Gasteiger partial charge in [-0.15, -0.1) is 0 Å². The van der Waals surface area contributed by atoms with Gasteiger partial charge in [0.15, 0.2) is 15.6 Å². The molecule has 0 bridgehead atoms. The Labute approximate surface area is 157 Å². The lowest BCUT2D eigenvalue weighted by molar-refractivity contribution is -0.146. The molecule has 26 heavy (non-hydrogen) atoms. The van der Waals surface area contributed by atoms with Gasteiger partial charge in [-0.05, 0) is 31.4 Å². The summed E-state index contributed by atoms with van der Waals surface area (Å²) in [5.74, 6) is 0.928. The van der Waals surface area contributed by atoms with Crippen LogP contribution in [0.15, 0.2) is 30.3 Å². The third-order valence-electron chi connectivity index (χ3n) is 3.70. The van der Waals surface area contributed by atoms with Gasteiger partial charge in [-0.1, -0.05) is 51.1 Å². The molecule has 0 saturated carbocycles. The minimum Gasteiger partial charge on any atom is -0.459 e. The summed E-state index contributed by atoms with van der Waals surface area (Å²) in [6, 6.07) is 9.61. The number of benzene rings is 1. The lowest BCUT2D eigenvalue weighted by Gasteiger charge is -2.29. The number of esters is 1. The molecule has 2 aromatic rings. The van der Waals surface area contributed by atoms with E-state index in [2.05, 4.69) is 30.9 Å². The number of carbonyl (C=O) groups excluding carboxylic acids is 1. The fourth-order valence-corrected chi connectivity index (χ4v) is 3.30. The normalized spacial score (nSPS) is 12.7. The number of aromatic nitrogens is 3. The van der Waals surface area contributed by atoms with Crippen molar-refractivity contribution in [3.63, 3.8) is 0 Å². The Balaban J connectivity index is 2.04. The Morgan fingerprint density at radius 2 is 1.81 bits per heavy atom. The topological polar surface area (TPSA) is 66.2 Å². The molecule has 0 unspecified atom stereocenters. The van der Waals surface area contributed by atoms with E-state index in [4.69, 9.17) is 9.16 Å². The van der Waals surface area contributed by atoms with Crippen molar-refractivity contribution in [1.82, 2.24) is 14.8 Å². The number of aryl methyl sites for hydroxylation is 1. The second kappa shape index (κ2) is 8.14. The maximum absolute atomic E-state index is 12.2. The summed E-state index contributed by atoms with van der Waals surface area (Å²) in [4.78, 5) is 16.7. The predicted molar refractivity (Wildman–Crippen MR) is 103 cm³/mol. The Kier molecular flexibility index (Phi) is 6.36. The predicted octanol–water partition coefficient (Wildman–Crippen LogP) is 2.88. The molecule has 0 radical (unpaired) electrons. The molecular weight excluding hydrogens is 346 g/mol. The first-order valence-electron chi connectivity index (χ1n) is 8.82. The molecule has 1 aromatic carbocycles. The molecular formula is C19H29N3O3Si. The van der Waals surface area contributed by atoms with Crippen LogP contribution in [0.3, 0.4) is 0 Å². The molecule has 7 heteroatoms. The second-order valence-corrected chi connectivity index (χ2v) is 10.8. The van der Waals surface area contributed by atoms with Crippen LogP contribution in [0.25, 0.3) is 0 Å². The first-order chi connectivity index (χ1) is 12.1. The number of ether oxygens (including phenoxy) is 1. The minimum atomic E-state index is -0.774. The van der Waals surface area contributed by atoms with Crippen LogP contribution in [0.5, 0.6) is 0 Å². The highest BCUT2D eigenvalue weighted by Crippen LogP contribution is 2.28. The second-order valence-electron chi connectivity index (χ2n) is 8.15. The summed E-state index contributed by atoms with van der Waals surface area (Å²) in [6.45, 7) is 12.5. The van der Waals surface area contributed by atoms with E-state index < -0.39 is 15.4 Å². The zero-order valence-corrected chi connectivity index (χ0v) is 18.0. The van der Waals surface area contributed by atoms with Crippen molar-refractivity contribution in [2.75, 3.05) is 0 Å². The Hall–Kier alpha value is -1.99. The van der Waals surface area contributed by atoms with Gasteiger partial charge in [-0.3, -0.25) is 4.79 Å². The van der Waals surface area contributed by atoms with Gasteiger partial charge in [0, 0.05) is 0 Å². The Morgan fingerprint density at radius 1 is 1.15 bits per heavy atom. The number of nitrogens with zero attached hydrogens (tertiary/aromatic N) is 3. The molecule has 142 valence electrons. The maximum Gasteiger partial charge on any atom is 0.328 e. The molecule has 0 atom stereocenters. The van der Waals surface area contributed by atoms with Crippen LogP contribution >= 0.6 is 0 Å². The van der Waals surface area contributed by atoms with Gasteiger partial charge in [0.05, 0.1) is 0 Å². The van der Waals surface area contributed by atoms with E-state index in [9.17, 15) is 4.79 Å². The molecule has 6 nitrogen and oxygen atoms in total. The maximum atomic E-state index is 12.2. The quantitative estimate of drug-likeness (QED) is 0.550. The minimum absolute atomic E-state index is 0.0207. The average molecular weight is 376 g/mol. The van der Waals surface area contributed by atoms with Crippen molar-refractivity contribution in [3.8, 4) is 0 Å². The first-order valence-corrected chi connectivity index (χ1v) is 10.1. The van der Waals surface area contributed by atoms with Crippen LogP contribution in [0.2, 0.25) is 5.04 Å². The van der Waals surface area contributed by atoms with Crippen LogP contribution in [0, 0.1) is 6.92 Å². The van der Waals surface area contributed by atoms with E-state index in [0.29, 0.717) is 11.6 Å². The molecule has 1 aromatic heterocycles. The van der Waals surface area contributed by atoms with Gasteiger partial charge in [-0.2, -0.15) is 5.10 Å². The van der Waals surface area contributed by atoms with Gasteiger partial charge in [0.2, 0.25) is 0 Å². The molecule has 0 fully saturated rings. The van der Waals surface area contributed by atoms with E-state index in [1.165, 1.54) is 0 Å². The van der Waals surface area contributed by atoms with Gasteiger partial charge >= 0.3 is 5.97 Å². The van der Waals surface area contributed by atoms with E-state index in [-0.39, 0.29) is 24.2 Å². The smallest absolute Gasteiger partial charge is 0.328 e. The first kappa shape index (κ1) is 20.3. The standard InChI is InChI=1S/C19H29N3O3Si/c1-14-20-17(19(5,6)25-26-18(2,3)4)22(21-14)12-16(23)24-13-15-10-8-7-9-11-15/h7-11H,12-13,26H2,1-6H3. The molecule has 0 N–H and O–H groups in total. The van der Waals surface area contributed by atoms with Gasteiger partial charge < -0.3 is 9.16 Å². The summed E-state index contributed by atoms with van der Waals surface area (Å²) in [6.07, 6.45) is 0. The molecule has 0 aliphatic heterocycles. The molecule has 2 rings (SSSR count). The SMILES string of the molecule is Cc1nc(C(C)(C)O[SiH2]C(C)(C)C)n(CC(=O)OCc2ccccc2)n1. The Bertz CT molecular complexity index is 736. The van der Waals surface area contributed by atoms with Crippen molar-refractivity contribution in [2.24, 2.45) is 0 Å². The van der Waals surface area contributed by atoms with Crippen LogP contribution in [-0.2, 0) is 32.7 Å². The summed E-state index contributed by atoms with van der Waals surface area (Å²) in [7, 11) is -0.774. The molecule has 0 saturated heterocycles. The highest BCUT2D eigenvalue weighted by atomic mass is 28.2. The summed E-state index contributed by atoms with van der Waals surface area (Å²) < 4.78 is 13.2. The molecule has 0 aliphatic rings. The fourth-order valence-electron chi connectivity index (χ4n) is 2.38. The van der Waals surface area contributed by atoms with Crippen molar-refractivity contribution in [2.45, 2.75) is 65.3 Å². The van der Waals surface area contributed by atoms with Crippen LogP contribution in [-0.4, -0.2) is 30.5 Å². The number of hydrogen-bond donors (Lipinski definition) is 0. The van der Waals surface area contributed by atoms with E-state index in [1.54, 1.807) is 4.68 Å². The van der Waals surface area contributed by atoms with Crippen LogP contribution < -0.4 is 0 Å². The zero-order chi connectivity index (χ0) is 19.4. The molecule has 0 aliphatic carbocycles. The zero-order valence-electron chi connectivity index (χ0n) is 16.6. The lowest BCUT2D eigenvalue weighted by atomic mass is 10.1. The highest BCUT2D eigenvalue weighted by molar-refractivity contribution is 6.31. The third-order valence-corrected chi connectivity index (χ3v) is 5.44. The largest absolute Gasteiger partial charge is 0.459 e. The molecule has 0 spiro atoms. The monoisotopic (exact) mass is 375 g/mol.